The topological polar surface area (TPSA) is 81.7 Å². The minimum atomic E-state index is -0.866. The number of ether oxygens (including phenoxy) is 2. The summed E-state index contributed by atoms with van der Waals surface area (Å²) in [6, 6.07) is 8.40. The Kier molecular flexibility index (Phi) is 6.77. The summed E-state index contributed by atoms with van der Waals surface area (Å²) in [4.78, 5) is 36.4. The smallest absolute Gasteiger partial charge is 0.408 e. The summed E-state index contributed by atoms with van der Waals surface area (Å²) < 4.78 is 10.6. The Morgan fingerprint density at radius 3 is 2.41 bits per heavy atom. The van der Waals surface area contributed by atoms with E-state index in [1.54, 1.807) is 13.8 Å². The lowest BCUT2D eigenvalue weighted by atomic mass is 9.79. The molecular weight excluding hydrogens is 346 g/mol. The molecule has 0 heterocycles. The number of ketones is 1. The van der Waals surface area contributed by atoms with E-state index in [9.17, 15) is 14.4 Å². The number of carbonyl (C=O) groups is 3. The fourth-order valence-electron chi connectivity index (χ4n) is 2.94. The lowest BCUT2D eigenvalue weighted by molar-refractivity contribution is -0.143. The van der Waals surface area contributed by atoms with Gasteiger partial charge in [0.25, 0.3) is 0 Å². The van der Waals surface area contributed by atoms with Gasteiger partial charge in [-0.3, -0.25) is 4.79 Å². The summed E-state index contributed by atoms with van der Waals surface area (Å²) in [5, 5.41) is 2.56. The number of esters is 1. The van der Waals surface area contributed by atoms with Gasteiger partial charge in [0, 0.05) is 18.9 Å². The molecule has 2 rings (SSSR count). The molecule has 1 amide bonds. The van der Waals surface area contributed by atoms with E-state index in [1.807, 2.05) is 44.2 Å². The number of hydrogen-bond donors (Lipinski definition) is 1. The Balaban J connectivity index is 1.94. The van der Waals surface area contributed by atoms with Gasteiger partial charge in [-0.25, -0.2) is 9.59 Å². The van der Waals surface area contributed by atoms with E-state index >= 15 is 0 Å². The highest BCUT2D eigenvalue weighted by Crippen LogP contribution is 2.34. The van der Waals surface area contributed by atoms with Crippen molar-refractivity contribution in [3.05, 3.63) is 47.7 Å². The number of benzene rings is 1. The normalized spacial score (nSPS) is 17.1. The first-order valence-electron chi connectivity index (χ1n) is 9.08. The summed E-state index contributed by atoms with van der Waals surface area (Å²) in [6.45, 7) is 7.61. The molecule has 0 aliphatic heterocycles. The maximum Gasteiger partial charge on any atom is 0.408 e. The molecule has 0 bridgehead atoms. The van der Waals surface area contributed by atoms with Crippen LogP contribution in [-0.2, 0) is 25.7 Å². The van der Waals surface area contributed by atoms with Crippen LogP contribution < -0.4 is 5.32 Å². The molecule has 1 aliphatic rings. The Labute approximate surface area is 159 Å². The van der Waals surface area contributed by atoms with Crippen LogP contribution in [0.5, 0.6) is 0 Å². The van der Waals surface area contributed by atoms with Crippen molar-refractivity contribution in [2.75, 3.05) is 0 Å². The third kappa shape index (κ3) is 6.55. The Morgan fingerprint density at radius 2 is 1.81 bits per heavy atom. The lowest BCUT2D eigenvalue weighted by Gasteiger charge is -2.29. The van der Waals surface area contributed by atoms with Crippen molar-refractivity contribution in [3.63, 3.8) is 0 Å². The van der Waals surface area contributed by atoms with E-state index in [2.05, 4.69) is 5.32 Å². The molecule has 6 heteroatoms. The van der Waals surface area contributed by atoms with Crippen molar-refractivity contribution in [3.8, 4) is 0 Å². The van der Waals surface area contributed by atoms with E-state index in [1.165, 1.54) is 6.08 Å². The van der Waals surface area contributed by atoms with Gasteiger partial charge < -0.3 is 14.8 Å². The van der Waals surface area contributed by atoms with Crippen molar-refractivity contribution >= 4 is 17.8 Å². The maximum absolute atomic E-state index is 12.5. The summed E-state index contributed by atoms with van der Waals surface area (Å²) in [5.74, 6) is -0.523. The first-order chi connectivity index (χ1) is 12.7. The number of allylic oxidation sites excluding steroid dienone is 2. The molecule has 146 valence electrons. The van der Waals surface area contributed by atoms with Crippen LogP contribution in [0, 0.1) is 11.3 Å². The average molecular weight is 373 g/mol. The minimum absolute atomic E-state index is 0.0645. The second kappa shape index (κ2) is 8.84. The number of hydrogen-bond acceptors (Lipinski definition) is 5. The summed E-state index contributed by atoms with van der Waals surface area (Å²) in [5.41, 5.74) is 0.598. The number of rotatable bonds is 6. The maximum atomic E-state index is 12.5. The van der Waals surface area contributed by atoms with E-state index < -0.39 is 18.1 Å². The van der Waals surface area contributed by atoms with Crippen molar-refractivity contribution in [1.82, 2.24) is 5.32 Å². The van der Waals surface area contributed by atoms with Gasteiger partial charge in [-0.2, -0.15) is 0 Å². The van der Waals surface area contributed by atoms with Crippen LogP contribution in [0.2, 0.25) is 0 Å². The molecular formula is C21H27NO5. The van der Waals surface area contributed by atoms with Crippen molar-refractivity contribution in [2.45, 2.75) is 53.2 Å². The molecule has 0 spiro atoms. The van der Waals surface area contributed by atoms with Gasteiger partial charge in [0.15, 0.2) is 5.78 Å². The Hall–Kier alpha value is -2.63. The Bertz CT molecular complexity index is 721. The second-order valence-electron chi connectivity index (χ2n) is 7.94. The van der Waals surface area contributed by atoms with E-state index in [-0.39, 0.29) is 23.7 Å². The van der Waals surface area contributed by atoms with Crippen LogP contribution in [0.15, 0.2) is 42.2 Å². The van der Waals surface area contributed by atoms with Crippen LogP contribution in [0.25, 0.3) is 0 Å². The van der Waals surface area contributed by atoms with Crippen LogP contribution in [-0.4, -0.2) is 23.9 Å². The fourth-order valence-corrected chi connectivity index (χ4v) is 2.94. The molecule has 0 saturated carbocycles. The molecule has 0 fully saturated rings. The zero-order valence-corrected chi connectivity index (χ0v) is 16.3. The zero-order chi connectivity index (χ0) is 20.0. The van der Waals surface area contributed by atoms with Gasteiger partial charge in [-0.1, -0.05) is 58.0 Å². The zero-order valence-electron chi connectivity index (χ0n) is 16.3. The average Bonchev–Trinajstić information content (AvgIpc) is 2.56. The predicted molar refractivity (Wildman–Crippen MR) is 101 cm³/mol. The fraction of sp³-hybridized carbons (Fsp3) is 0.476. The third-order valence-electron chi connectivity index (χ3n) is 4.27. The number of carbonyl (C=O) groups excluding carboxylic acids is 3. The predicted octanol–water partition coefficient (Wildman–Crippen LogP) is 3.75. The summed E-state index contributed by atoms with van der Waals surface area (Å²) >= 11 is 0. The largest absolute Gasteiger partial charge is 0.445 e. The molecule has 0 aromatic heterocycles. The van der Waals surface area contributed by atoms with Crippen LogP contribution in [0.4, 0.5) is 4.79 Å². The second-order valence-corrected chi connectivity index (χ2v) is 7.94. The SMILES string of the molecule is CC(C)[C@H](NC(=O)OCc1ccccc1)C(=O)OC1=CC(=O)CC(C)(C)C1. The highest BCUT2D eigenvalue weighted by molar-refractivity contribution is 5.92. The highest BCUT2D eigenvalue weighted by Gasteiger charge is 2.32. The number of nitrogens with one attached hydrogen (secondary N) is 1. The number of amides is 1. The van der Waals surface area contributed by atoms with Crippen molar-refractivity contribution in [2.24, 2.45) is 11.3 Å². The quantitative estimate of drug-likeness (QED) is 0.768. The van der Waals surface area contributed by atoms with Crippen LogP contribution in [0.3, 0.4) is 0 Å². The third-order valence-corrected chi connectivity index (χ3v) is 4.27. The molecule has 1 aromatic rings. The van der Waals surface area contributed by atoms with Gasteiger partial charge in [0.2, 0.25) is 0 Å². The molecule has 1 atom stereocenters. The first kappa shape index (κ1) is 20.7. The van der Waals surface area contributed by atoms with Crippen LogP contribution >= 0.6 is 0 Å². The molecule has 6 nitrogen and oxygen atoms in total. The van der Waals surface area contributed by atoms with Gasteiger partial charge in [-0.05, 0) is 16.9 Å². The molecule has 27 heavy (non-hydrogen) atoms. The summed E-state index contributed by atoms with van der Waals surface area (Å²) in [6.07, 6.45) is 1.59. The molecule has 0 saturated heterocycles. The van der Waals surface area contributed by atoms with Crippen LogP contribution in [0.1, 0.15) is 46.1 Å². The van der Waals surface area contributed by atoms with Gasteiger partial charge >= 0.3 is 12.1 Å². The molecule has 1 aromatic carbocycles. The van der Waals surface area contributed by atoms with Gasteiger partial charge in [0.1, 0.15) is 18.4 Å². The summed E-state index contributed by atoms with van der Waals surface area (Å²) in [7, 11) is 0. The van der Waals surface area contributed by atoms with E-state index in [4.69, 9.17) is 9.47 Å². The standard InChI is InChI=1S/C21H27NO5/c1-14(2)18(22-20(25)26-13-15-8-6-5-7-9-15)19(24)27-17-10-16(23)11-21(3,4)12-17/h5-10,14,18H,11-13H2,1-4H3,(H,22,25)/t18-/m0/s1. The van der Waals surface area contributed by atoms with E-state index in [0.29, 0.717) is 18.6 Å². The minimum Gasteiger partial charge on any atom is -0.445 e. The molecule has 1 aliphatic carbocycles. The van der Waals surface area contributed by atoms with E-state index in [0.717, 1.165) is 5.56 Å². The van der Waals surface area contributed by atoms with Gasteiger partial charge in [0.05, 0.1) is 0 Å². The van der Waals surface area contributed by atoms with Crippen molar-refractivity contribution in [1.29, 1.82) is 0 Å². The first-order valence-corrected chi connectivity index (χ1v) is 9.08. The van der Waals surface area contributed by atoms with Gasteiger partial charge in [-0.15, -0.1) is 0 Å². The molecule has 0 radical (unpaired) electrons. The Morgan fingerprint density at radius 1 is 1.15 bits per heavy atom. The molecule has 0 unspecified atom stereocenters. The lowest BCUT2D eigenvalue weighted by Crippen LogP contribution is -2.45. The monoisotopic (exact) mass is 373 g/mol. The highest BCUT2D eigenvalue weighted by atomic mass is 16.6. The number of alkyl carbamates (subject to hydrolysis) is 1. The van der Waals surface area contributed by atoms with Crippen molar-refractivity contribution < 1.29 is 23.9 Å². The molecule has 1 N–H and O–H groups in total.